The molecule has 0 aliphatic carbocycles. The molecule has 1 aromatic heterocycles. The van der Waals surface area contributed by atoms with Crippen LogP contribution in [0, 0.1) is 0 Å². The first-order valence-corrected chi connectivity index (χ1v) is 11.8. The number of carbonyl (C=O) groups is 1. The Morgan fingerprint density at radius 3 is 2.47 bits per heavy atom. The van der Waals surface area contributed by atoms with Gasteiger partial charge in [0.1, 0.15) is 11.5 Å². The predicted octanol–water partition coefficient (Wildman–Crippen LogP) is 5.79. The van der Waals surface area contributed by atoms with Crippen molar-refractivity contribution in [3.63, 3.8) is 0 Å². The lowest BCUT2D eigenvalue weighted by Crippen LogP contribution is -2.25. The number of ether oxygens (including phenoxy) is 1. The van der Waals surface area contributed by atoms with Crippen LogP contribution in [0.1, 0.15) is 6.42 Å². The quantitative estimate of drug-likeness (QED) is 0.332. The summed E-state index contributed by atoms with van der Waals surface area (Å²) in [7, 11) is 0. The molecule has 1 unspecified atom stereocenters. The van der Waals surface area contributed by atoms with Gasteiger partial charge in [-0.2, -0.15) is 5.10 Å². The van der Waals surface area contributed by atoms with E-state index in [-0.39, 0.29) is 11.4 Å². The maximum atomic E-state index is 12.5. The molecule has 7 nitrogen and oxygen atoms in total. The van der Waals surface area contributed by atoms with Crippen molar-refractivity contribution in [3.05, 3.63) is 79.0 Å². The van der Waals surface area contributed by atoms with Gasteiger partial charge in [-0.15, -0.1) is 11.6 Å². The van der Waals surface area contributed by atoms with Gasteiger partial charge in [0, 0.05) is 35.2 Å². The molecule has 3 aromatic carbocycles. The second kappa shape index (κ2) is 10.2. The number of hydrogen-bond acceptors (Lipinski definition) is 4. The largest absolute Gasteiger partial charge is 0.457 e. The molecular formula is C26H26ClN5O2. The number of nitrogens with one attached hydrogen (secondary N) is 2. The Morgan fingerprint density at radius 2 is 1.71 bits per heavy atom. The van der Waals surface area contributed by atoms with E-state index in [1.54, 1.807) is 12.1 Å². The summed E-state index contributed by atoms with van der Waals surface area (Å²) < 4.78 is 7.78. The standard InChI is InChI=1S/C26H26ClN5O2/c27-20-12-13-31(18-20)14-15-32-25-11-8-22(16-19(25)17-28-32)30-26(33)29-21-6-9-24(10-7-21)34-23-4-2-1-3-5-23/h1-11,16-17,20H,12-15,18H2,(H2,29,30,33). The van der Waals surface area contributed by atoms with Crippen molar-refractivity contribution in [2.24, 2.45) is 0 Å². The first-order valence-electron chi connectivity index (χ1n) is 11.4. The number of para-hydroxylation sites is 1. The second-order valence-electron chi connectivity index (χ2n) is 8.35. The first-order chi connectivity index (χ1) is 16.6. The third-order valence-electron chi connectivity index (χ3n) is 5.83. The van der Waals surface area contributed by atoms with Gasteiger partial charge in [0.05, 0.1) is 18.3 Å². The molecule has 1 aliphatic heterocycles. The molecular weight excluding hydrogens is 450 g/mol. The number of halogens is 1. The van der Waals surface area contributed by atoms with Crippen LogP contribution in [0.4, 0.5) is 16.2 Å². The first kappa shape index (κ1) is 22.3. The minimum atomic E-state index is -0.312. The molecule has 0 saturated carbocycles. The Hall–Kier alpha value is -3.55. The van der Waals surface area contributed by atoms with Gasteiger partial charge >= 0.3 is 6.03 Å². The molecule has 2 heterocycles. The minimum Gasteiger partial charge on any atom is -0.457 e. The molecule has 0 spiro atoms. The van der Waals surface area contributed by atoms with Gasteiger partial charge in [-0.1, -0.05) is 18.2 Å². The van der Waals surface area contributed by atoms with Crippen LogP contribution < -0.4 is 15.4 Å². The van der Waals surface area contributed by atoms with Gasteiger partial charge in [0.15, 0.2) is 0 Å². The lowest BCUT2D eigenvalue weighted by atomic mass is 10.2. The average molecular weight is 476 g/mol. The number of carbonyl (C=O) groups excluding carboxylic acids is 1. The maximum absolute atomic E-state index is 12.5. The third-order valence-corrected chi connectivity index (χ3v) is 6.19. The van der Waals surface area contributed by atoms with Gasteiger partial charge < -0.3 is 15.4 Å². The number of urea groups is 1. The van der Waals surface area contributed by atoms with Crippen molar-refractivity contribution >= 4 is 39.9 Å². The van der Waals surface area contributed by atoms with Crippen molar-refractivity contribution in [1.82, 2.24) is 14.7 Å². The van der Waals surface area contributed by atoms with Crippen LogP contribution >= 0.6 is 11.6 Å². The molecule has 1 atom stereocenters. The normalized spacial score (nSPS) is 16.0. The number of amides is 2. The van der Waals surface area contributed by atoms with Crippen LogP contribution in [0.5, 0.6) is 11.5 Å². The van der Waals surface area contributed by atoms with Crippen molar-refractivity contribution < 1.29 is 9.53 Å². The van der Waals surface area contributed by atoms with Crippen molar-refractivity contribution in [3.8, 4) is 11.5 Å². The van der Waals surface area contributed by atoms with E-state index in [1.165, 1.54) is 0 Å². The van der Waals surface area contributed by atoms with E-state index in [4.69, 9.17) is 16.3 Å². The van der Waals surface area contributed by atoms with E-state index in [2.05, 4.69) is 20.6 Å². The van der Waals surface area contributed by atoms with Crippen LogP contribution in [-0.4, -0.2) is 45.7 Å². The molecule has 5 rings (SSSR count). The summed E-state index contributed by atoms with van der Waals surface area (Å²) in [5, 5.41) is 11.5. The highest BCUT2D eigenvalue weighted by atomic mass is 35.5. The fourth-order valence-corrected chi connectivity index (χ4v) is 4.38. The maximum Gasteiger partial charge on any atom is 0.323 e. The van der Waals surface area contributed by atoms with Gasteiger partial charge in [-0.05, 0) is 67.6 Å². The fourth-order valence-electron chi connectivity index (χ4n) is 4.09. The molecule has 174 valence electrons. The Labute approximate surface area is 203 Å². The third kappa shape index (κ3) is 5.50. The fraction of sp³-hybridized carbons (Fsp3) is 0.231. The molecule has 4 aromatic rings. The number of anilines is 2. The number of likely N-dealkylation sites (tertiary alicyclic amines) is 1. The van der Waals surface area contributed by atoms with Gasteiger partial charge in [-0.3, -0.25) is 9.58 Å². The average Bonchev–Trinajstić information content (AvgIpc) is 3.45. The number of nitrogens with zero attached hydrogens (tertiary/aromatic N) is 3. The lowest BCUT2D eigenvalue weighted by Gasteiger charge is -2.15. The van der Waals surface area contributed by atoms with Crippen LogP contribution in [0.3, 0.4) is 0 Å². The van der Waals surface area contributed by atoms with Crippen LogP contribution in [0.15, 0.2) is 79.0 Å². The smallest absolute Gasteiger partial charge is 0.323 e. The molecule has 34 heavy (non-hydrogen) atoms. The summed E-state index contributed by atoms with van der Waals surface area (Å²) in [5.74, 6) is 1.46. The van der Waals surface area contributed by atoms with Crippen LogP contribution in [-0.2, 0) is 6.54 Å². The summed E-state index contributed by atoms with van der Waals surface area (Å²) in [5.41, 5.74) is 2.42. The molecule has 0 radical (unpaired) electrons. The van der Waals surface area contributed by atoms with Gasteiger partial charge in [-0.25, -0.2) is 4.79 Å². The Bertz CT molecular complexity index is 1260. The highest BCUT2D eigenvalue weighted by Crippen LogP contribution is 2.23. The Morgan fingerprint density at radius 1 is 0.971 bits per heavy atom. The zero-order valence-corrected chi connectivity index (χ0v) is 19.4. The highest BCUT2D eigenvalue weighted by molar-refractivity contribution is 6.20. The molecule has 1 saturated heterocycles. The zero-order chi connectivity index (χ0) is 23.3. The van der Waals surface area contributed by atoms with Crippen molar-refractivity contribution in [1.29, 1.82) is 0 Å². The Balaban J connectivity index is 1.16. The van der Waals surface area contributed by atoms with E-state index >= 15 is 0 Å². The van der Waals surface area contributed by atoms with E-state index in [0.29, 0.717) is 17.1 Å². The molecule has 1 aliphatic rings. The number of rotatable bonds is 7. The highest BCUT2D eigenvalue weighted by Gasteiger charge is 2.20. The zero-order valence-electron chi connectivity index (χ0n) is 18.7. The molecule has 1 fully saturated rings. The molecule has 8 heteroatoms. The number of hydrogen-bond donors (Lipinski definition) is 2. The number of aromatic nitrogens is 2. The topological polar surface area (TPSA) is 71.4 Å². The summed E-state index contributed by atoms with van der Waals surface area (Å²) in [6, 6.07) is 22.3. The molecule has 0 bridgehead atoms. The summed E-state index contributed by atoms with van der Waals surface area (Å²) in [6.45, 7) is 3.72. The number of alkyl halides is 1. The predicted molar refractivity (Wildman–Crippen MR) is 136 cm³/mol. The van der Waals surface area contributed by atoms with E-state index in [1.807, 2.05) is 71.5 Å². The van der Waals surface area contributed by atoms with E-state index in [9.17, 15) is 4.79 Å². The van der Waals surface area contributed by atoms with Crippen LogP contribution in [0.2, 0.25) is 0 Å². The number of fused-ring (bicyclic) bond motifs is 1. The van der Waals surface area contributed by atoms with Gasteiger partial charge in [0.25, 0.3) is 0 Å². The molecule has 2 N–H and O–H groups in total. The second-order valence-corrected chi connectivity index (χ2v) is 8.96. The number of benzene rings is 3. The van der Waals surface area contributed by atoms with Crippen molar-refractivity contribution in [2.45, 2.75) is 18.3 Å². The monoisotopic (exact) mass is 475 g/mol. The van der Waals surface area contributed by atoms with Gasteiger partial charge in [0.2, 0.25) is 0 Å². The van der Waals surface area contributed by atoms with Crippen LogP contribution in [0.25, 0.3) is 10.9 Å². The Kier molecular flexibility index (Phi) is 6.65. The summed E-state index contributed by atoms with van der Waals surface area (Å²) in [4.78, 5) is 14.9. The summed E-state index contributed by atoms with van der Waals surface area (Å²) in [6.07, 6.45) is 2.88. The molecule has 2 amide bonds. The van der Waals surface area contributed by atoms with Crippen molar-refractivity contribution in [2.75, 3.05) is 30.3 Å². The summed E-state index contributed by atoms with van der Waals surface area (Å²) >= 11 is 6.20. The SMILES string of the molecule is O=C(Nc1ccc(Oc2ccccc2)cc1)Nc1ccc2c(cnn2CCN2CCC(Cl)C2)c1. The van der Waals surface area contributed by atoms with E-state index < -0.39 is 0 Å². The minimum absolute atomic E-state index is 0.259. The lowest BCUT2D eigenvalue weighted by molar-refractivity contribution is 0.262. The van der Waals surface area contributed by atoms with E-state index in [0.717, 1.165) is 49.3 Å².